The van der Waals surface area contributed by atoms with E-state index in [9.17, 15) is 15.0 Å². The van der Waals surface area contributed by atoms with E-state index in [1.165, 1.54) is 0 Å². The lowest BCUT2D eigenvalue weighted by molar-refractivity contribution is -0.0362. The summed E-state index contributed by atoms with van der Waals surface area (Å²) in [5.41, 5.74) is 17.0. The quantitative estimate of drug-likeness (QED) is 0.187. The van der Waals surface area contributed by atoms with Gasteiger partial charge in [0, 0.05) is 31.5 Å². The third-order valence-electron chi connectivity index (χ3n) is 7.30. The van der Waals surface area contributed by atoms with E-state index in [0.717, 1.165) is 22.3 Å². The first-order valence-electron chi connectivity index (χ1n) is 13.9. The summed E-state index contributed by atoms with van der Waals surface area (Å²) in [7, 11) is 1.73. The Hall–Kier alpha value is -4.33. The Morgan fingerprint density at radius 3 is 1.78 bits per heavy atom. The van der Waals surface area contributed by atoms with E-state index < -0.39 is 18.2 Å². The minimum absolute atomic E-state index is 0.213. The Morgan fingerprint density at radius 2 is 1.22 bits per heavy atom. The summed E-state index contributed by atoms with van der Waals surface area (Å²) < 4.78 is 0. The first-order valence-corrected chi connectivity index (χ1v) is 13.9. The highest BCUT2D eigenvalue weighted by Gasteiger charge is 2.35. The molecule has 4 aromatic rings. The molecular weight excluding hydrogens is 512 g/mol. The van der Waals surface area contributed by atoms with Gasteiger partial charge in [-0.1, -0.05) is 84.9 Å². The number of benzene rings is 4. The zero-order valence-electron chi connectivity index (χ0n) is 23.5. The number of nitrogens with zero attached hydrogens (tertiary/aromatic N) is 2. The minimum atomic E-state index is -1.19. The van der Waals surface area contributed by atoms with Crippen LogP contribution in [-0.2, 0) is 25.9 Å². The number of aliphatic hydroxyl groups excluding tert-OH is 2. The van der Waals surface area contributed by atoms with Gasteiger partial charge in [-0.3, -0.25) is 0 Å². The number of aliphatic hydroxyl groups is 2. The SMILES string of the molecule is CN(Cc1cccc(N)c1)C(=O)N(Cc1cccc(N)c1)C(Cc1ccccc1)C(O)C(O)CCc1ccccc1. The lowest BCUT2D eigenvalue weighted by Crippen LogP contribution is -2.54. The second-order valence-electron chi connectivity index (χ2n) is 10.6. The average Bonchev–Trinajstić information content (AvgIpc) is 2.98. The van der Waals surface area contributed by atoms with Crippen LogP contribution in [0.4, 0.5) is 16.2 Å². The van der Waals surface area contributed by atoms with Gasteiger partial charge in [-0.15, -0.1) is 0 Å². The molecule has 0 aliphatic carbocycles. The van der Waals surface area contributed by atoms with Gasteiger partial charge in [0.1, 0.15) is 6.10 Å². The van der Waals surface area contributed by atoms with Crippen molar-refractivity contribution in [3.63, 3.8) is 0 Å². The van der Waals surface area contributed by atoms with Crippen molar-refractivity contribution in [1.29, 1.82) is 0 Å². The predicted octanol–water partition coefficient (Wildman–Crippen LogP) is 4.87. The number of urea groups is 1. The number of anilines is 2. The number of hydrogen-bond acceptors (Lipinski definition) is 5. The van der Waals surface area contributed by atoms with Gasteiger partial charge >= 0.3 is 6.03 Å². The van der Waals surface area contributed by atoms with Crippen LogP contribution in [0.5, 0.6) is 0 Å². The molecule has 0 aliphatic heterocycles. The van der Waals surface area contributed by atoms with Crippen LogP contribution in [0.25, 0.3) is 0 Å². The number of nitrogens with two attached hydrogens (primary N) is 2. The first-order chi connectivity index (χ1) is 19.8. The lowest BCUT2D eigenvalue weighted by Gasteiger charge is -2.39. The molecule has 0 spiro atoms. The zero-order chi connectivity index (χ0) is 29.2. The highest BCUT2D eigenvalue weighted by atomic mass is 16.3. The number of amides is 2. The van der Waals surface area contributed by atoms with Crippen molar-refractivity contribution in [3.8, 4) is 0 Å². The largest absolute Gasteiger partial charge is 0.399 e. The zero-order valence-corrected chi connectivity index (χ0v) is 23.5. The van der Waals surface area contributed by atoms with Crippen molar-refractivity contribution in [1.82, 2.24) is 9.80 Å². The maximum absolute atomic E-state index is 14.2. The molecule has 7 heteroatoms. The van der Waals surface area contributed by atoms with Crippen molar-refractivity contribution in [2.24, 2.45) is 0 Å². The molecule has 0 bridgehead atoms. The van der Waals surface area contributed by atoms with Gasteiger partial charge in [-0.05, 0) is 65.8 Å². The summed E-state index contributed by atoms with van der Waals surface area (Å²) in [4.78, 5) is 17.4. The van der Waals surface area contributed by atoms with E-state index in [1.807, 2.05) is 97.1 Å². The molecule has 0 aromatic heterocycles. The Morgan fingerprint density at radius 1 is 0.707 bits per heavy atom. The predicted molar refractivity (Wildman–Crippen MR) is 165 cm³/mol. The van der Waals surface area contributed by atoms with Gasteiger partial charge in [-0.25, -0.2) is 4.79 Å². The molecular formula is C34H40N4O3. The van der Waals surface area contributed by atoms with E-state index in [0.29, 0.717) is 37.2 Å². The van der Waals surface area contributed by atoms with Crippen LogP contribution >= 0.6 is 0 Å². The van der Waals surface area contributed by atoms with Crippen LogP contribution in [0.3, 0.4) is 0 Å². The molecule has 0 saturated heterocycles. The van der Waals surface area contributed by atoms with Gasteiger partial charge < -0.3 is 31.5 Å². The molecule has 7 nitrogen and oxygen atoms in total. The Balaban J connectivity index is 1.65. The molecule has 3 unspecified atom stereocenters. The highest BCUT2D eigenvalue weighted by Crippen LogP contribution is 2.23. The van der Waals surface area contributed by atoms with E-state index in [2.05, 4.69) is 0 Å². The van der Waals surface area contributed by atoms with Crippen LogP contribution in [0, 0.1) is 0 Å². The maximum Gasteiger partial charge on any atom is 0.320 e. The van der Waals surface area contributed by atoms with E-state index in [4.69, 9.17) is 11.5 Å². The van der Waals surface area contributed by atoms with Crippen LogP contribution in [0.15, 0.2) is 109 Å². The molecule has 3 atom stereocenters. The summed E-state index contributed by atoms with van der Waals surface area (Å²) >= 11 is 0. The molecule has 6 N–H and O–H groups in total. The molecule has 0 aliphatic rings. The van der Waals surface area contributed by atoms with Gasteiger partial charge in [0.05, 0.1) is 12.1 Å². The number of nitrogen functional groups attached to an aromatic ring is 2. The summed E-state index contributed by atoms with van der Waals surface area (Å²) in [6.45, 7) is 0.549. The third-order valence-corrected chi connectivity index (χ3v) is 7.30. The maximum atomic E-state index is 14.2. The summed E-state index contributed by atoms with van der Waals surface area (Å²) in [6, 6.07) is 33.4. The molecule has 2 amide bonds. The van der Waals surface area contributed by atoms with Crippen molar-refractivity contribution in [2.45, 2.75) is 50.6 Å². The van der Waals surface area contributed by atoms with Gasteiger partial charge in [0.15, 0.2) is 0 Å². The number of aryl methyl sites for hydroxylation is 1. The van der Waals surface area contributed by atoms with E-state index >= 15 is 0 Å². The topological polar surface area (TPSA) is 116 Å². The second-order valence-corrected chi connectivity index (χ2v) is 10.6. The molecule has 0 saturated carbocycles. The summed E-state index contributed by atoms with van der Waals surface area (Å²) in [5, 5.41) is 22.9. The highest BCUT2D eigenvalue weighted by molar-refractivity contribution is 5.75. The minimum Gasteiger partial charge on any atom is -0.399 e. The van der Waals surface area contributed by atoms with Gasteiger partial charge in [0.2, 0.25) is 0 Å². The van der Waals surface area contributed by atoms with Crippen molar-refractivity contribution < 1.29 is 15.0 Å². The van der Waals surface area contributed by atoms with E-state index in [1.54, 1.807) is 29.0 Å². The lowest BCUT2D eigenvalue weighted by atomic mass is 9.93. The average molecular weight is 553 g/mol. The molecule has 0 fully saturated rings. The molecule has 4 rings (SSSR count). The van der Waals surface area contributed by atoms with E-state index in [-0.39, 0.29) is 12.6 Å². The molecule has 0 radical (unpaired) electrons. The van der Waals surface area contributed by atoms with Gasteiger partial charge in [0.25, 0.3) is 0 Å². The van der Waals surface area contributed by atoms with Crippen molar-refractivity contribution >= 4 is 17.4 Å². The summed E-state index contributed by atoms with van der Waals surface area (Å²) in [5.74, 6) is 0. The van der Waals surface area contributed by atoms with Crippen LogP contribution in [-0.4, -0.2) is 51.3 Å². The number of carbonyl (C=O) groups excluding carboxylic acids is 1. The van der Waals surface area contributed by atoms with Crippen molar-refractivity contribution in [2.75, 3.05) is 18.5 Å². The molecule has 4 aromatic carbocycles. The third kappa shape index (κ3) is 8.58. The van der Waals surface area contributed by atoms with Crippen LogP contribution in [0.2, 0.25) is 0 Å². The van der Waals surface area contributed by atoms with Crippen LogP contribution in [0.1, 0.15) is 28.7 Å². The molecule has 41 heavy (non-hydrogen) atoms. The molecule has 0 heterocycles. The second kappa shape index (κ2) is 14.3. The fourth-order valence-corrected chi connectivity index (χ4v) is 5.12. The Bertz CT molecular complexity index is 1380. The number of hydrogen-bond donors (Lipinski definition) is 4. The fraction of sp³-hybridized carbons (Fsp3) is 0.265. The van der Waals surface area contributed by atoms with Gasteiger partial charge in [-0.2, -0.15) is 0 Å². The smallest absolute Gasteiger partial charge is 0.320 e. The Kier molecular flexibility index (Phi) is 10.4. The monoisotopic (exact) mass is 552 g/mol. The number of carbonyl (C=O) groups is 1. The van der Waals surface area contributed by atoms with Crippen molar-refractivity contribution in [3.05, 3.63) is 131 Å². The molecule has 214 valence electrons. The Labute approximate surface area is 242 Å². The first kappa shape index (κ1) is 29.6. The fourth-order valence-electron chi connectivity index (χ4n) is 5.12. The standard InChI is InChI=1S/C34H40N4O3/c1-37(23-27-14-8-16-29(35)20-27)34(41)38(24-28-15-9-17-30(36)21-28)31(22-26-12-6-3-7-13-26)33(40)32(39)19-18-25-10-4-2-5-11-25/h2-17,20-21,31-33,39-40H,18-19,22-24,35-36H2,1H3. The number of rotatable bonds is 12. The van der Waals surface area contributed by atoms with Crippen LogP contribution < -0.4 is 11.5 Å². The summed E-state index contributed by atoms with van der Waals surface area (Å²) in [6.07, 6.45) is -0.903. The normalized spacial score (nSPS) is 13.2.